The van der Waals surface area contributed by atoms with Crippen LogP contribution in [0.5, 0.6) is 0 Å². The molecular weight excluding hydrogens is 238 g/mol. The zero-order valence-corrected chi connectivity index (χ0v) is 9.44. The van der Waals surface area contributed by atoms with Crippen LogP contribution in [-0.2, 0) is 0 Å². The van der Waals surface area contributed by atoms with E-state index in [4.69, 9.17) is 9.52 Å². The molecule has 0 radical (unpaired) electrons. The molecule has 94 valence electrons. The Hall–Kier alpha value is -2.15. The number of nitrogens with zero attached hydrogens (tertiary/aromatic N) is 3. The molecule has 0 aliphatic carbocycles. The van der Waals surface area contributed by atoms with Gasteiger partial charge >= 0.3 is 0 Å². The van der Waals surface area contributed by atoms with Crippen molar-refractivity contribution in [2.24, 2.45) is 5.92 Å². The molecule has 1 saturated heterocycles. The highest BCUT2D eigenvalue weighted by Crippen LogP contribution is 2.29. The lowest BCUT2D eigenvalue weighted by atomic mass is 10.0. The van der Waals surface area contributed by atoms with E-state index in [1.54, 1.807) is 6.07 Å². The van der Waals surface area contributed by atoms with Crippen molar-refractivity contribution in [3.63, 3.8) is 0 Å². The number of hydrogen-bond donors (Lipinski definition) is 1. The highest BCUT2D eigenvalue weighted by molar-refractivity contribution is 5.77. The zero-order chi connectivity index (χ0) is 12.7. The summed E-state index contributed by atoms with van der Waals surface area (Å²) in [5, 5.41) is 19.6. The van der Waals surface area contributed by atoms with Gasteiger partial charge in [-0.2, -0.15) is 4.98 Å². The highest BCUT2D eigenvalue weighted by Gasteiger charge is 2.29. The number of aromatic nitrogens is 1. The molecular formula is C11H11N3O4. The average molecular weight is 249 g/mol. The first-order valence-electron chi connectivity index (χ1n) is 5.58. The van der Waals surface area contributed by atoms with Crippen LogP contribution in [0.15, 0.2) is 22.6 Å². The Bertz CT molecular complexity index is 603. The quantitative estimate of drug-likeness (QED) is 0.648. The first-order valence-corrected chi connectivity index (χ1v) is 5.58. The van der Waals surface area contributed by atoms with Crippen LogP contribution in [0.2, 0.25) is 0 Å². The Kier molecular flexibility index (Phi) is 2.41. The first kappa shape index (κ1) is 11.0. The van der Waals surface area contributed by atoms with E-state index in [0.29, 0.717) is 30.2 Å². The van der Waals surface area contributed by atoms with Crippen LogP contribution in [0, 0.1) is 16.0 Å². The van der Waals surface area contributed by atoms with Gasteiger partial charge in [0.1, 0.15) is 5.52 Å². The Balaban J connectivity index is 1.89. The molecule has 1 aliphatic heterocycles. The summed E-state index contributed by atoms with van der Waals surface area (Å²) in [6, 6.07) is 4.79. The predicted octanol–water partition coefficient (Wildman–Crippen LogP) is 1.16. The van der Waals surface area contributed by atoms with Crippen molar-refractivity contribution in [2.45, 2.75) is 0 Å². The summed E-state index contributed by atoms with van der Waals surface area (Å²) >= 11 is 0. The molecule has 1 aliphatic rings. The van der Waals surface area contributed by atoms with Crippen LogP contribution in [0.1, 0.15) is 0 Å². The van der Waals surface area contributed by atoms with Crippen LogP contribution < -0.4 is 4.90 Å². The van der Waals surface area contributed by atoms with Crippen molar-refractivity contribution in [2.75, 3.05) is 24.6 Å². The maximum atomic E-state index is 10.6. The largest absolute Gasteiger partial charge is 0.423 e. The molecule has 0 spiro atoms. The SMILES string of the molecule is O=[N+]([O-])c1ccc2oc(N3CC(CO)C3)nc2c1. The minimum absolute atomic E-state index is 0.000746. The van der Waals surface area contributed by atoms with Crippen molar-refractivity contribution in [1.82, 2.24) is 4.98 Å². The third-order valence-electron chi connectivity index (χ3n) is 3.06. The second kappa shape index (κ2) is 3.95. The van der Waals surface area contributed by atoms with Crippen LogP contribution in [0.25, 0.3) is 11.1 Å². The molecule has 1 fully saturated rings. The number of nitro benzene ring substituents is 1. The average Bonchev–Trinajstić information content (AvgIpc) is 2.69. The number of benzene rings is 1. The van der Waals surface area contributed by atoms with Gasteiger partial charge in [-0.3, -0.25) is 10.1 Å². The van der Waals surface area contributed by atoms with Gasteiger partial charge in [-0.05, 0) is 6.07 Å². The van der Waals surface area contributed by atoms with Crippen LogP contribution in [-0.4, -0.2) is 34.7 Å². The van der Waals surface area contributed by atoms with E-state index in [1.165, 1.54) is 12.1 Å². The smallest absolute Gasteiger partial charge is 0.298 e. The monoisotopic (exact) mass is 249 g/mol. The maximum absolute atomic E-state index is 10.6. The first-order chi connectivity index (χ1) is 8.67. The van der Waals surface area contributed by atoms with E-state index in [9.17, 15) is 10.1 Å². The third kappa shape index (κ3) is 1.68. The Labute approximate surface area is 102 Å². The van der Waals surface area contributed by atoms with Crippen molar-refractivity contribution in [3.05, 3.63) is 28.3 Å². The summed E-state index contributed by atoms with van der Waals surface area (Å²) in [6.45, 7) is 1.55. The summed E-state index contributed by atoms with van der Waals surface area (Å²) in [5.74, 6) is 0.259. The number of hydrogen-bond acceptors (Lipinski definition) is 6. The van der Waals surface area contributed by atoms with Gasteiger partial charge < -0.3 is 14.4 Å². The van der Waals surface area contributed by atoms with Gasteiger partial charge in [-0.25, -0.2) is 0 Å². The van der Waals surface area contributed by atoms with E-state index in [0.717, 1.165) is 0 Å². The van der Waals surface area contributed by atoms with E-state index in [2.05, 4.69) is 4.98 Å². The molecule has 0 unspecified atom stereocenters. The number of rotatable bonds is 3. The molecule has 0 saturated carbocycles. The van der Waals surface area contributed by atoms with Gasteiger partial charge in [0.05, 0.1) is 4.92 Å². The topological polar surface area (TPSA) is 92.6 Å². The van der Waals surface area contributed by atoms with Gasteiger partial charge in [0.25, 0.3) is 11.7 Å². The lowest BCUT2D eigenvalue weighted by Crippen LogP contribution is -2.48. The Morgan fingerprint density at radius 3 is 3.00 bits per heavy atom. The molecule has 1 N–H and O–H groups in total. The molecule has 0 amide bonds. The molecule has 2 heterocycles. The van der Waals surface area contributed by atoms with Crippen LogP contribution in [0.4, 0.5) is 11.7 Å². The van der Waals surface area contributed by atoms with Crippen molar-refractivity contribution in [1.29, 1.82) is 0 Å². The lowest BCUT2D eigenvalue weighted by molar-refractivity contribution is -0.384. The normalized spacial score (nSPS) is 15.9. The predicted molar refractivity (Wildman–Crippen MR) is 63.5 cm³/mol. The van der Waals surface area contributed by atoms with Gasteiger partial charge in [-0.15, -0.1) is 0 Å². The third-order valence-corrected chi connectivity index (χ3v) is 3.06. The number of fused-ring (bicyclic) bond motifs is 1. The molecule has 7 nitrogen and oxygen atoms in total. The molecule has 7 heteroatoms. The summed E-state index contributed by atoms with van der Waals surface area (Å²) in [5.41, 5.74) is 1.01. The minimum atomic E-state index is -0.459. The van der Waals surface area contributed by atoms with E-state index < -0.39 is 4.92 Å². The number of aliphatic hydroxyl groups is 1. The fraction of sp³-hybridized carbons (Fsp3) is 0.364. The van der Waals surface area contributed by atoms with E-state index in [-0.39, 0.29) is 18.2 Å². The van der Waals surface area contributed by atoms with E-state index in [1.807, 2.05) is 4.90 Å². The number of aliphatic hydroxyl groups excluding tert-OH is 1. The second-order valence-electron chi connectivity index (χ2n) is 4.36. The summed E-state index contributed by atoms with van der Waals surface area (Å²) in [6.07, 6.45) is 0. The van der Waals surface area contributed by atoms with Crippen LogP contribution >= 0.6 is 0 Å². The molecule has 1 aromatic carbocycles. The second-order valence-corrected chi connectivity index (χ2v) is 4.36. The minimum Gasteiger partial charge on any atom is -0.423 e. The molecule has 0 bridgehead atoms. The van der Waals surface area contributed by atoms with Crippen LogP contribution in [0.3, 0.4) is 0 Å². The summed E-state index contributed by atoms with van der Waals surface area (Å²) < 4.78 is 5.51. The lowest BCUT2D eigenvalue weighted by Gasteiger charge is -2.36. The Morgan fingerprint density at radius 2 is 2.33 bits per heavy atom. The molecule has 2 aromatic rings. The number of non-ortho nitro benzene ring substituents is 1. The number of nitro groups is 1. The fourth-order valence-electron chi connectivity index (χ4n) is 1.99. The molecule has 0 atom stereocenters. The van der Waals surface area contributed by atoms with Gasteiger partial charge in [0.2, 0.25) is 0 Å². The molecule has 18 heavy (non-hydrogen) atoms. The maximum Gasteiger partial charge on any atom is 0.298 e. The summed E-state index contributed by atoms with van der Waals surface area (Å²) in [4.78, 5) is 16.3. The Morgan fingerprint density at radius 1 is 1.56 bits per heavy atom. The standard InChI is InChI=1S/C11H11N3O4/c15-6-7-4-13(5-7)11-12-9-3-8(14(16)17)1-2-10(9)18-11/h1-3,7,15H,4-6H2. The van der Waals surface area contributed by atoms with Crippen molar-refractivity contribution < 1.29 is 14.4 Å². The zero-order valence-electron chi connectivity index (χ0n) is 9.44. The number of oxazole rings is 1. The fourth-order valence-corrected chi connectivity index (χ4v) is 1.99. The van der Waals surface area contributed by atoms with E-state index >= 15 is 0 Å². The molecule has 3 rings (SSSR count). The number of anilines is 1. The van der Waals surface area contributed by atoms with Crippen molar-refractivity contribution >= 4 is 22.8 Å². The van der Waals surface area contributed by atoms with Gasteiger partial charge in [0, 0.05) is 37.7 Å². The van der Waals surface area contributed by atoms with Gasteiger partial charge in [0.15, 0.2) is 5.58 Å². The molecule has 1 aromatic heterocycles. The van der Waals surface area contributed by atoms with Crippen molar-refractivity contribution in [3.8, 4) is 0 Å². The summed E-state index contributed by atoms with van der Waals surface area (Å²) in [7, 11) is 0. The highest BCUT2D eigenvalue weighted by atomic mass is 16.6. The van der Waals surface area contributed by atoms with Gasteiger partial charge in [-0.1, -0.05) is 0 Å².